The van der Waals surface area contributed by atoms with Crippen LogP contribution in [0.3, 0.4) is 0 Å². The normalized spacial score (nSPS) is 12.9. The third kappa shape index (κ3) is 20.4. The summed E-state index contributed by atoms with van der Waals surface area (Å²) in [5, 5.41) is 27.8. The number of rotatable bonds is 27. The van der Waals surface area contributed by atoms with Crippen LogP contribution in [0.25, 0.3) is 0 Å². The Morgan fingerprint density at radius 2 is 0.630 bits per heavy atom. The summed E-state index contributed by atoms with van der Waals surface area (Å²) in [6, 6.07) is 63.8. The quantitative estimate of drug-likeness (QED) is 0.0395. The fourth-order valence-electron chi connectivity index (χ4n) is 10.9. The van der Waals surface area contributed by atoms with E-state index in [1.165, 1.54) is 31.1 Å². The minimum Gasteiger partial charge on any atom is -0.407 e. The van der Waals surface area contributed by atoms with Crippen molar-refractivity contribution < 1.29 is 28.3 Å². The molecule has 6 aromatic rings. The molecular weight excluding hydrogens is 1250 g/mol. The molecule has 0 amide bonds. The minimum absolute atomic E-state index is 0.0154. The summed E-state index contributed by atoms with van der Waals surface area (Å²) in [5.41, 5.74) is 0. The average Bonchev–Trinajstić information content (AvgIpc) is 3.50. The maximum absolute atomic E-state index is 12.0. The van der Waals surface area contributed by atoms with Gasteiger partial charge in [-0.05, 0) is 91.8 Å². The molecule has 2 atom stereocenters. The number of carbonyl (C=O) groups is 1. The van der Waals surface area contributed by atoms with E-state index in [0.29, 0.717) is 58.3 Å². The highest BCUT2D eigenvalue weighted by molar-refractivity contribution is 9.12. The molecule has 0 saturated carbocycles. The SMILES string of the molecule is C=C(Br)CC(=O)CCCO[Si](c1ccccc1)(c1ccccc1)C(C)(C)C.C=C(Br)CC(O)CCCO[Si](c1ccccc1)(c1ccccc1)C(C)(C)C.C=C(Br)C[C@H](O)CCCO[Si](c1ccccc1)(c1ccccc1)C(C)(C)C. The van der Waals surface area contributed by atoms with Gasteiger partial charge in [-0.3, -0.25) is 4.79 Å². The number of Topliss-reactive ketones (excluding diaryl/α,β-unsaturated/α-hetero) is 1. The Hall–Kier alpha value is -3.90. The molecule has 81 heavy (non-hydrogen) atoms. The Bertz CT molecular complexity index is 2540. The predicted octanol–water partition coefficient (Wildman–Crippen LogP) is 15.2. The van der Waals surface area contributed by atoms with Crippen molar-refractivity contribution in [2.45, 2.75) is 147 Å². The molecule has 0 fully saturated rings. The summed E-state index contributed by atoms with van der Waals surface area (Å²) >= 11 is 9.91. The second-order valence-electron chi connectivity index (χ2n) is 23.9. The molecule has 0 bridgehead atoms. The molecule has 436 valence electrons. The molecule has 1 unspecified atom stereocenters. The maximum atomic E-state index is 12.0. The lowest BCUT2D eigenvalue weighted by Gasteiger charge is -2.43. The third-order valence-corrected chi connectivity index (χ3v) is 30.5. The van der Waals surface area contributed by atoms with Gasteiger partial charge >= 0.3 is 0 Å². The summed E-state index contributed by atoms with van der Waals surface area (Å²) in [6.07, 6.45) is 5.12. The zero-order valence-corrected chi connectivity index (χ0v) is 57.5. The third-order valence-electron chi connectivity index (χ3n) is 14.5. The molecule has 6 nitrogen and oxygen atoms in total. The van der Waals surface area contributed by atoms with Crippen molar-refractivity contribution in [3.63, 3.8) is 0 Å². The fourth-order valence-corrected chi connectivity index (χ4v) is 25.8. The Balaban J connectivity index is 0.000000261. The molecule has 2 N–H and O–H groups in total. The molecule has 0 spiro atoms. The lowest BCUT2D eigenvalue weighted by Crippen LogP contribution is -2.66. The molecule has 0 aliphatic rings. The van der Waals surface area contributed by atoms with E-state index in [-0.39, 0.29) is 33.1 Å². The van der Waals surface area contributed by atoms with E-state index in [0.717, 1.165) is 32.7 Å². The van der Waals surface area contributed by atoms with Crippen molar-refractivity contribution in [3.05, 3.63) is 215 Å². The van der Waals surface area contributed by atoms with E-state index in [9.17, 15) is 15.0 Å². The lowest BCUT2D eigenvalue weighted by molar-refractivity contribution is -0.118. The highest BCUT2D eigenvalue weighted by Crippen LogP contribution is 2.39. The first-order valence-corrected chi connectivity index (χ1v) is 36.5. The Labute approximate surface area is 516 Å². The first kappa shape index (κ1) is 69.6. The summed E-state index contributed by atoms with van der Waals surface area (Å²) in [7, 11) is -7.42. The summed E-state index contributed by atoms with van der Waals surface area (Å²) < 4.78 is 22.8. The fraction of sp³-hybridized carbons (Fsp3) is 0.377. The molecule has 0 aromatic heterocycles. The number of hydrogen-bond donors (Lipinski definition) is 2. The van der Waals surface area contributed by atoms with Crippen LogP contribution in [0.2, 0.25) is 15.1 Å². The Kier molecular flexibility index (Phi) is 28.8. The zero-order chi connectivity index (χ0) is 59.7. The van der Waals surface area contributed by atoms with Crippen molar-refractivity contribution in [3.8, 4) is 0 Å². The number of aliphatic hydroxyl groups excluding tert-OH is 2. The average molecular weight is 1340 g/mol. The summed E-state index contributed by atoms with van der Waals surface area (Å²) in [5.74, 6) is 0.197. The van der Waals surface area contributed by atoms with Gasteiger partial charge in [0.05, 0.1) is 12.2 Å². The van der Waals surface area contributed by atoms with Gasteiger partial charge in [0.25, 0.3) is 25.0 Å². The smallest absolute Gasteiger partial charge is 0.261 e. The van der Waals surface area contributed by atoms with Gasteiger partial charge in [0.15, 0.2) is 0 Å². The molecule has 6 rings (SSSR count). The second-order valence-corrected chi connectivity index (χ2v) is 40.2. The summed E-state index contributed by atoms with van der Waals surface area (Å²) in [4.78, 5) is 12.0. The van der Waals surface area contributed by atoms with Gasteiger partial charge < -0.3 is 23.5 Å². The van der Waals surface area contributed by atoms with E-state index < -0.39 is 25.0 Å². The number of benzene rings is 6. The number of hydrogen-bond acceptors (Lipinski definition) is 6. The first-order valence-electron chi connectivity index (χ1n) is 28.4. The van der Waals surface area contributed by atoms with Crippen LogP contribution in [0.1, 0.15) is 120 Å². The monoisotopic (exact) mass is 1340 g/mol. The number of allylic oxidation sites excluding steroid dienone is 1. The van der Waals surface area contributed by atoms with Crippen LogP contribution >= 0.6 is 47.8 Å². The summed E-state index contributed by atoms with van der Waals surface area (Å²) in [6.45, 7) is 33.7. The molecular formula is C69H91Br3O6Si3. The molecule has 0 aliphatic carbocycles. The van der Waals surface area contributed by atoms with Crippen LogP contribution in [0.5, 0.6) is 0 Å². The highest BCUT2D eigenvalue weighted by Gasteiger charge is 2.52. The number of halogens is 3. The largest absolute Gasteiger partial charge is 0.407 e. The first-order chi connectivity index (χ1) is 38.3. The standard InChI is InChI=1S/2C23H31BrO2Si.C23H29BrO2Si/c3*1-19(24)18-20(25)12-11-17-26-27(23(2,3)4,21-13-7-5-8-14-21)22-15-9-6-10-16-22/h2*5-10,13-16,20,25H,1,11-12,17-18H2,2-4H3;5-10,13-16H,1,11-12,17-18H2,2-4H3/t20-;;/m1../s1. The van der Waals surface area contributed by atoms with Gasteiger partial charge in [0, 0.05) is 45.5 Å². The van der Waals surface area contributed by atoms with Crippen molar-refractivity contribution in [2.24, 2.45) is 0 Å². The van der Waals surface area contributed by atoms with Crippen LogP contribution in [0.15, 0.2) is 215 Å². The topological polar surface area (TPSA) is 85.2 Å². The molecule has 6 aromatic carbocycles. The van der Waals surface area contributed by atoms with E-state index in [1.807, 2.05) is 12.1 Å². The Morgan fingerprint density at radius 3 is 0.827 bits per heavy atom. The Morgan fingerprint density at radius 1 is 0.407 bits per heavy atom. The van der Waals surface area contributed by atoms with Gasteiger partial charge in [-0.2, -0.15) is 0 Å². The van der Waals surface area contributed by atoms with Gasteiger partial charge in [-0.15, -0.1) is 0 Å². The highest BCUT2D eigenvalue weighted by atomic mass is 79.9. The molecule has 0 aliphatic heterocycles. The molecule has 12 heteroatoms. The predicted molar refractivity (Wildman–Crippen MR) is 363 cm³/mol. The second kappa shape index (κ2) is 33.6. The van der Waals surface area contributed by atoms with Crippen molar-refractivity contribution in [1.82, 2.24) is 0 Å². The zero-order valence-electron chi connectivity index (χ0n) is 49.7. The lowest BCUT2D eigenvalue weighted by atomic mass is 10.1. The van der Waals surface area contributed by atoms with Crippen molar-refractivity contribution in [1.29, 1.82) is 0 Å². The van der Waals surface area contributed by atoms with Crippen molar-refractivity contribution >= 4 is 110 Å². The van der Waals surface area contributed by atoms with Crippen LogP contribution in [0, 0.1) is 0 Å². The van der Waals surface area contributed by atoms with Crippen LogP contribution in [0.4, 0.5) is 0 Å². The maximum Gasteiger partial charge on any atom is 0.261 e. The van der Waals surface area contributed by atoms with E-state index in [2.05, 4.69) is 300 Å². The van der Waals surface area contributed by atoms with Gasteiger partial charge in [-0.25, -0.2) is 0 Å². The molecule has 0 saturated heterocycles. The van der Waals surface area contributed by atoms with E-state index >= 15 is 0 Å². The molecule has 0 heterocycles. The van der Waals surface area contributed by atoms with E-state index in [4.69, 9.17) is 13.3 Å². The number of carbonyl (C=O) groups excluding carboxylic acids is 1. The minimum atomic E-state index is -2.49. The number of aliphatic hydroxyl groups is 2. The van der Waals surface area contributed by atoms with Crippen LogP contribution in [-0.4, -0.2) is 73.0 Å². The van der Waals surface area contributed by atoms with Gasteiger partial charge in [0.1, 0.15) is 5.78 Å². The number of ketones is 1. The van der Waals surface area contributed by atoms with Crippen LogP contribution < -0.4 is 31.1 Å². The molecule has 0 radical (unpaired) electrons. The van der Waals surface area contributed by atoms with Gasteiger partial charge in [0.2, 0.25) is 0 Å². The van der Waals surface area contributed by atoms with Crippen molar-refractivity contribution in [2.75, 3.05) is 19.8 Å². The van der Waals surface area contributed by atoms with Gasteiger partial charge in [-0.1, -0.05) is 312 Å². The van der Waals surface area contributed by atoms with E-state index in [1.54, 1.807) is 0 Å². The van der Waals surface area contributed by atoms with Crippen LogP contribution in [-0.2, 0) is 18.1 Å².